The molecule has 0 aliphatic carbocycles. The maximum Gasteiger partial charge on any atom is 0.265 e. The highest BCUT2D eigenvalue weighted by Gasteiger charge is 2.26. The Morgan fingerprint density at radius 2 is 2.19 bits per heavy atom. The van der Waals surface area contributed by atoms with E-state index in [9.17, 15) is 9.59 Å². The second-order valence-electron chi connectivity index (χ2n) is 5.65. The van der Waals surface area contributed by atoms with Crippen molar-refractivity contribution in [1.82, 2.24) is 5.32 Å². The Labute approximate surface area is 125 Å². The molecule has 1 aromatic carbocycles. The van der Waals surface area contributed by atoms with E-state index in [1.165, 1.54) is 0 Å². The summed E-state index contributed by atoms with van der Waals surface area (Å²) in [5, 5.41) is 2.96. The number of ketones is 1. The Morgan fingerprint density at radius 1 is 1.43 bits per heavy atom. The van der Waals surface area contributed by atoms with Crippen molar-refractivity contribution in [2.75, 3.05) is 31.6 Å². The number of fused-ring (bicyclic) bond motifs is 1. The van der Waals surface area contributed by atoms with Crippen LogP contribution in [0.25, 0.3) is 0 Å². The fourth-order valence-electron chi connectivity index (χ4n) is 2.32. The molecule has 0 fully saturated rings. The monoisotopic (exact) mass is 290 g/mol. The Kier molecular flexibility index (Phi) is 4.96. The summed E-state index contributed by atoms with van der Waals surface area (Å²) < 4.78 is 5.45. The van der Waals surface area contributed by atoms with E-state index in [2.05, 4.69) is 19.2 Å². The van der Waals surface area contributed by atoms with Gasteiger partial charge in [0.25, 0.3) is 5.91 Å². The predicted octanol–water partition coefficient (Wildman–Crippen LogP) is 1.86. The zero-order valence-corrected chi connectivity index (χ0v) is 12.8. The first kappa shape index (κ1) is 15.5. The minimum atomic E-state index is -0.0592. The molecular formula is C16H22N2O3. The van der Waals surface area contributed by atoms with E-state index in [0.717, 1.165) is 0 Å². The Bertz CT molecular complexity index is 540. The minimum Gasteiger partial charge on any atom is -0.482 e. The quantitative estimate of drug-likeness (QED) is 0.812. The van der Waals surface area contributed by atoms with Gasteiger partial charge < -0.3 is 15.0 Å². The molecule has 5 heteroatoms. The van der Waals surface area contributed by atoms with Crippen LogP contribution in [0.15, 0.2) is 18.2 Å². The van der Waals surface area contributed by atoms with Crippen LogP contribution in [0, 0.1) is 5.92 Å². The van der Waals surface area contributed by atoms with E-state index in [0.29, 0.717) is 42.4 Å². The van der Waals surface area contributed by atoms with Crippen molar-refractivity contribution in [3.8, 4) is 5.75 Å². The van der Waals surface area contributed by atoms with Crippen LogP contribution in [0.4, 0.5) is 5.69 Å². The van der Waals surface area contributed by atoms with Crippen LogP contribution in [0.3, 0.4) is 0 Å². The topological polar surface area (TPSA) is 58.6 Å². The summed E-state index contributed by atoms with van der Waals surface area (Å²) in [6, 6.07) is 5.31. The molecule has 2 rings (SSSR count). The lowest BCUT2D eigenvalue weighted by atomic mass is 10.0. The maximum absolute atomic E-state index is 12.1. The highest BCUT2D eigenvalue weighted by atomic mass is 16.5. The largest absolute Gasteiger partial charge is 0.482 e. The van der Waals surface area contributed by atoms with Gasteiger partial charge in [0.1, 0.15) is 5.75 Å². The number of hydrogen-bond acceptors (Lipinski definition) is 4. The molecule has 5 nitrogen and oxygen atoms in total. The average molecular weight is 290 g/mol. The average Bonchev–Trinajstić information content (AvgIpc) is 2.47. The van der Waals surface area contributed by atoms with Gasteiger partial charge in [0.2, 0.25) is 0 Å². The number of rotatable bonds is 6. The summed E-state index contributed by atoms with van der Waals surface area (Å²) in [6.45, 7) is 5.45. The third-order valence-electron chi connectivity index (χ3n) is 3.37. The van der Waals surface area contributed by atoms with Gasteiger partial charge in [-0.1, -0.05) is 13.8 Å². The molecule has 1 aromatic rings. The van der Waals surface area contributed by atoms with Crippen LogP contribution in [-0.2, 0) is 4.79 Å². The van der Waals surface area contributed by atoms with E-state index in [4.69, 9.17) is 4.74 Å². The van der Waals surface area contributed by atoms with Crippen molar-refractivity contribution in [3.63, 3.8) is 0 Å². The number of nitrogens with zero attached hydrogens (tertiary/aromatic N) is 1. The molecule has 0 spiro atoms. The second kappa shape index (κ2) is 6.72. The van der Waals surface area contributed by atoms with Gasteiger partial charge in [0.05, 0.1) is 5.69 Å². The lowest BCUT2D eigenvalue weighted by Gasteiger charge is -2.31. The van der Waals surface area contributed by atoms with Crippen LogP contribution in [0.1, 0.15) is 30.6 Å². The molecule has 1 N–H and O–H groups in total. The number of nitrogens with one attached hydrogen (secondary N) is 1. The van der Waals surface area contributed by atoms with Crippen LogP contribution in [0.5, 0.6) is 5.75 Å². The first-order chi connectivity index (χ1) is 10.0. The van der Waals surface area contributed by atoms with Gasteiger partial charge in [-0.2, -0.15) is 0 Å². The number of amides is 1. The molecule has 21 heavy (non-hydrogen) atoms. The van der Waals surface area contributed by atoms with Crippen molar-refractivity contribution >= 4 is 17.4 Å². The molecule has 0 aromatic heterocycles. The summed E-state index contributed by atoms with van der Waals surface area (Å²) in [5.74, 6) is 1.02. The molecule has 0 atom stereocenters. The summed E-state index contributed by atoms with van der Waals surface area (Å²) in [7, 11) is 1.82. The highest BCUT2D eigenvalue weighted by molar-refractivity contribution is 6.02. The lowest BCUT2D eigenvalue weighted by Crippen LogP contribution is -2.41. The fraction of sp³-hybridized carbons (Fsp3) is 0.500. The molecule has 0 radical (unpaired) electrons. The van der Waals surface area contributed by atoms with Gasteiger partial charge in [-0.15, -0.1) is 0 Å². The van der Waals surface area contributed by atoms with Gasteiger partial charge in [-0.05, 0) is 31.2 Å². The molecule has 1 aliphatic rings. The van der Waals surface area contributed by atoms with Crippen LogP contribution in [0.2, 0.25) is 0 Å². The summed E-state index contributed by atoms with van der Waals surface area (Å²) in [4.78, 5) is 25.9. The number of benzene rings is 1. The molecular weight excluding hydrogens is 268 g/mol. The van der Waals surface area contributed by atoms with Gasteiger partial charge in [0.15, 0.2) is 12.4 Å². The lowest BCUT2D eigenvalue weighted by molar-refractivity contribution is -0.121. The number of carbonyl (C=O) groups excluding carboxylic acids is 2. The SMILES string of the molecule is CNCCC(=O)c1ccc2c(c1)N(CC(C)C)C(=O)CO2. The van der Waals surface area contributed by atoms with Crippen molar-refractivity contribution in [1.29, 1.82) is 0 Å². The van der Waals surface area contributed by atoms with E-state index >= 15 is 0 Å². The van der Waals surface area contributed by atoms with Crippen LogP contribution in [-0.4, -0.2) is 38.4 Å². The number of anilines is 1. The van der Waals surface area contributed by atoms with E-state index in [1.807, 2.05) is 7.05 Å². The number of ether oxygens (including phenoxy) is 1. The van der Waals surface area contributed by atoms with Crippen molar-refractivity contribution < 1.29 is 14.3 Å². The van der Waals surface area contributed by atoms with E-state index < -0.39 is 0 Å². The molecule has 1 aliphatic heterocycles. The zero-order valence-electron chi connectivity index (χ0n) is 12.8. The van der Waals surface area contributed by atoms with Crippen molar-refractivity contribution in [2.45, 2.75) is 20.3 Å². The zero-order chi connectivity index (χ0) is 15.4. The number of Topliss-reactive ketones (excluding diaryl/α,β-unsaturated/α-hetero) is 1. The van der Waals surface area contributed by atoms with Gasteiger partial charge >= 0.3 is 0 Å². The van der Waals surface area contributed by atoms with Gasteiger partial charge in [-0.25, -0.2) is 0 Å². The maximum atomic E-state index is 12.1. The Hall–Kier alpha value is -1.88. The molecule has 0 unspecified atom stereocenters. The van der Waals surface area contributed by atoms with Crippen LogP contribution < -0.4 is 15.0 Å². The highest BCUT2D eigenvalue weighted by Crippen LogP contribution is 2.33. The summed E-state index contributed by atoms with van der Waals surface area (Å²) in [6.07, 6.45) is 0.439. The molecule has 1 heterocycles. The first-order valence-corrected chi connectivity index (χ1v) is 7.28. The molecule has 0 saturated heterocycles. The Balaban J connectivity index is 2.29. The normalized spacial score (nSPS) is 14.1. The third-order valence-corrected chi connectivity index (χ3v) is 3.37. The number of hydrogen-bond donors (Lipinski definition) is 1. The molecule has 0 saturated carbocycles. The van der Waals surface area contributed by atoms with Crippen molar-refractivity contribution in [2.24, 2.45) is 5.92 Å². The van der Waals surface area contributed by atoms with E-state index in [1.54, 1.807) is 23.1 Å². The van der Waals surface area contributed by atoms with E-state index in [-0.39, 0.29) is 18.3 Å². The Morgan fingerprint density at radius 3 is 2.86 bits per heavy atom. The predicted molar refractivity (Wildman–Crippen MR) is 82.0 cm³/mol. The van der Waals surface area contributed by atoms with Crippen LogP contribution >= 0.6 is 0 Å². The first-order valence-electron chi connectivity index (χ1n) is 7.28. The summed E-state index contributed by atoms with van der Waals surface area (Å²) in [5.41, 5.74) is 1.33. The fourth-order valence-corrected chi connectivity index (χ4v) is 2.32. The second-order valence-corrected chi connectivity index (χ2v) is 5.65. The van der Waals surface area contributed by atoms with Gasteiger partial charge in [-0.3, -0.25) is 9.59 Å². The molecule has 114 valence electrons. The minimum absolute atomic E-state index is 0.0592. The standard InChI is InChI=1S/C16H22N2O3/c1-11(2)9-18-13-8-12(14(19)6-7-17-3)4-5-15(13)21-10-16(18)20/h4-5,8,11,17H,6-7,9-10H2,1-3H3. The summed E-state index contributed by atoms with van der Waals surface area (Å²) >= 11 is 0. The van der Waals surface area contributed by atoms with Gasteiger partial charge in [0, 0.05) is 25.1 Å². The molecule has 1 amide bonds. The smallest absolute Gasteiger partial charge is 0.265 e. The number of carbonyl (C=O) groups is 2. The molecule has 0 bridgehead atoms. The third kappa shape index (κ3) is 3.61. The van der Waals surface area contributed by atoms with Crippen molar-refractivity contribution in [3.05, 3.63) is 23.8 Å².